The maximum absolute atomic E-state index is 13.6. The van der Waals surface area contributed by atoms with Gasteiger partial charge in [-0.05, 0) is 156 Å². The van der Waals surface area contributed by atoms with Gasteiger partial charge in [0.15, 0.2) is 0 Å². The Labute approximate surface area is 394 Å². The normalized spacial score (nSPS) is 14.9. The van der Waals surface area contributed by atoms with E-state index in [4.69, 9.17) is 11.5 Å². The van der Waals surface area contributed by atoms with Crippen molar-refractivity contribution in [3.05, 3.63) is 154 Å². The van der Waals surface area contributed by atoms with E-state index >= 15 is 0 Å². The fraction of sp³-hybridized carbons (Fsp3) is 0.347. The number of likely N-dealkylation sites (tertiary alicyclic amines) is 1. The number of anilines is 4. The van der Waals surface area contributed by atoms with Crippen molar-refractivity contribution in [2.45, 2.75) is 75.6 Å². The molecule has 2 aromatic carbocycles. The molecule has 0 radical (unpaired) electrons. The number of piperidine rings is 2. The minimum atomic E-state index is -4.59. The molecule has 69 heavy (non-hydrogen) atoms. The summed E-state index contributed by atoms with van der Waals surface area (Å²) in [6, 6.07) is 21.6. The Morgan fingerprint density at radius 3 is 1.41 bits per heavy atom. The fourth-order valence-electron chi connectivity index (χ4n) is 8.27. The number of aromatic nitrogens is 6. The lowest BCUT2D eigenvalue weighted by Crippen LogP contribution is -2.29. The number of nitrogens with zero attached hydrogens (tertiary/aromatic N) is 7. The van der Waals surface area contributed by atoms with Crippen molar-refractivity contribution in [2.75, 3.05) is 43.9 Å². The van der Waals surface area contributed by atoms with Gasteiger partial charge in [-0.3, -0.25) is 19.6 Å². The average Bonchev–Trinajstić information content (AvgIpc) is 3.33. The molecule has 0 saturated carbocycles. The molecule has 2 fully saturated rings. The van der Waals surface area contributed by atoms with E-state index in [9.17, 15) is 35.9 Å². The van der Waals surface area contributed by atoms with Gasteiger partial charge in [-0.2, -0.15) is 26.3 Å². The van der Waals surface area contributed by atoms with Crippen LogP contribution in [0.25, 0.3) is 0 Å². The summed E-state index contributed by atoms with van der Waals surface area (Å²) in [7, 11) is 2.12. The third kappa shape index (κ3) is 14.0. The zero-order valence-corrected chi connectivity index (χ0v) is 37.7. The molecule has 2 amide bonds. The van der Waals surface area contributed by atoms with Crippen molar-refractivity contribution >= 4 is 35.1 Å². The predicted octanol–water partition coefficient (Wildman–Crippen LogP) is 8.31. The standard InChI is InChI=1S/C25H27F3N6O.C24H25F3N6O/c1-34-12-9-17(10-13-34)16-2-4-19(5-3-16)32-24-31-15-21(25(26,27)28)22(33-24)7-6-20-14-18(23(29)35)8-11-30-20;25-24(26,27)20-14-31-23(32-18-3-1-15(2-4-18)16-7-10-29-11-8-16)33-21(20)6-5-19-13-17(22(28)34)9-12-30-19/h2-5,8,11,14-15,17H,6-7,9-10,12-13H2,1H3,(H2,29,35)(H,31,32,33);1-4,9,12-14,16,29H,5-8,10-11H2,(H2,28,34)(H,31,32,33). The molecule has 2 aliphatic heterocycles. The van der Waals surface area contributed by atoms with Crippen molar-refractivity contribution < 1.29 is 35.9 Å². The zero-order chi connectivity index (χ0) is 49.1. The summed E-state index contributed by atoms with van der Waals surface area (Å²) in [5.41, 5.74) is 13.7. The van der Waals surface area contributed by atoms with E-state index in [-0.39, 0.29) is 60.1 Å². The monoisotopic (exact) mass is 954 g/mol. The average molecular weight is 955 g/mol. The fourth-order valence-corrected chi connectivity index (χ4v) is 8.27. The zero-order valence-electron chi connectivity index (χ0n) is 37.7. The number of benzene rings is 2. The number of nitrogens with two attached hydrogens (primary N) is 2. The van der Waals surface area contributed by atoms with Crippen LogP contribution in [0.15, 0.2) is 97.6 Å². The first-order valence-electron chi connectivity index (χ1n) is 22.5. The van der Waals surface area contributed by atoms with Crippen LogP contribution in [-0.4, -0.2) is 79.8 Å². The van der Waals surface area contributed by atoms with Gasteiger partial charge in [0.05, 0.1) is 22.5 Å². The largest absolute Gasteiger partial charge is 0.419 e. The molecule has 0 bridgehead atoms. The number of carbonyl (C=O) groups excluding carboxylic acids is 2. The molecule has 2 aliphatic rings. The minimum Gasteiger partial charge on any atom is -0.366 e. The molecule has 0 spiro atoms. The number of halogens is 6. The third-order valence-corrected chi connectivity index (χ3v) is 12.1. The first kappa shape index (κ1) is 49.8. The van der Waals surface area contributed by atoms with Crippen LogP contribution in [0.5, 0.6) is 0 Å². The minimum absolute atomic E-state index is 0.0314. The molecule has 6 aromatic rings. The number of amides is 2. The molecule has 20 heteroatoms. The van der Waals surface area contributed by atoms with E-state index in [0.717, 1.165) is 64.3 Å². The number of hydrogen-bond donors (Lipinski definition) is 5. The van der Waals surface area contributed by atoms with Gasteiger partial charge in [0.1, 0.15) is 0 Å². The summed E-state index contributed by atoms with van der Waals surface area (Å²) in [6.45, 7) is 4.12. The molecule has 2 saturated heterocycles. The lowest BCUT2D eigenvalue weighted by Gasteiger charge is -2.29. The summed E-state index contributed by atoms with van der Waals surface area (Å²) in [5, 5.41) is 9.35. The summed E-state index contributed by atoms with van der Waals surface area (Å²) in [6.07, 6.45) is -0.167. The van der Waals surface area contributed by atoms with Gasteiger partial charge in [-0.25, -0.2) is 19.9 Å². The Morgan fingerprint density at radius 2 is 1.01 bits per heavy atom. The van der Waals surface area contributed by atoms with Crippen LogP contribution in [0.3, 0.4) is 0 Å². The molecule has 14 nitrogen and oxygen atoms in total. The van der Waals surface area contributed by atoms with E-state index in [1.54, 1.807) is 0 Å². The number of hydrogen-bond acceptors (Lipinski definition) is 12. The number of carbonyl (C=O) groups is 2. The highest BCUT2D eigenvalue weighted by atomic mass is 19.4. The van der Waals surface area contributed by atoms with Crippen LogP contribution in [0, 0.1) is 0 Å². The molecule has 8 rings (SSSR count). The Morgan fingerprint density at radius 1 is 0.609 bits per heavy atom. The first-order chi connectivity index (χ1) is 33.0. The van der Waals surface area contributed by atoms with Crippen LogP contribution >= 0.6 is 0 Å². The van der Waals surface area contributed by atoms with Gasteiger partial charge in [0.25, 0.3) is 0 Å². The van der Waals surface area contributed by atoms with Crippen LogP contribution in [0.4, 0.5) is 49.6 Å². The van der Waals surface area contributed by atoms with Crippen molar-refractivity contribution in [2.24, 2.45) is 11.5 Å². The predicted molar refractivity (Wildman–Crippen MR) is 248 cm³/mol. The topological polar surface area (TPSA) is 203 Å². The Kier molecular flexibility index (Phi) is 16.2. The van der Waals surface area contributed by atoms with E-state index in [1.807, 2.05) is 48.5 Å². The molecule has 7 N–H and O–H groups in total. The second kappa shape index (κ2) is 22.4. The van der Waals surface area contributed by atoms with Crippen molar-refractivity contribution in [3.63, 3.8) is 0 Å². The molecule has 0 atom stereocenters. The quantitative estimate of drug-likeness (QED) is 0.0655. The second-order valence-electron chi connectivity index (χ2n) is 17.0. The van der Waals surface area contributed by atoms with E-state index < -0.39 is 35.3 Å². The first-order valence-corrected chi connectivity index (χ1v) is 22.5. The Hall–Kier alpha value is -7.06. The highest BCUT2D eigenvalue weighted by Crippen LogP contribution is 2.35. The summed E-state index contributed by atoms with van der Waals surface area (Å²) >= 11 is 0. The Balaban J connectivity index is 0.000000204. The van der Waals surface area contributed by atoms with Gasteiger partial charge in [-0.15, -0.1) is 0 Å². The van der Waals surface area contributed by atoms with Gasteiger partial charge in [0, 0.05) is 58.7 Å². The third-order valence-electron chi connectivity index (χ3n) is 12.1. The van der Waals surface area contributed by atoms with Gasteiger partial charge < -0.3 is 32.3 Å². The highest BCUT2D eigenvalue weighted by molar-refractivity contribution is 5.93. The number of rotatable bonds is 14. The number of pyridine rings is 2. The van der Waals surface area contributed by atoms with Crippen molar-refractivity contribution in [1.29, 1.82) is 0 Å². The highest BCUT2D eigenvalue weighted by Gasteiger charge is 2.36. The summed E-state index contributed by atoms with van der Waals surface area (Å²) < 4.78 is 81.3. The van der Waals surface area contributed by atoms with Gasteiger partial charge in [0.2, 0.25) is 23.7 Å². The van der Waals surface area contributed by atoms with Crippen LogP contribution in [0.1, 0.15) is 103 Å². The molecule has 4 aromatic heterocycles. The van der Waals surface area contributed by atoms with Crippen molar-refractivity contribution in [1.82, 2.24) is 40.1 Å². The van der Waals surface area contributed by atoms with E-state index in [1.165, 1.54) is 47.8 Å². The maximum Gasteiger partial charge on any atom is 0.419 e. The van der Waals surface area contributed by atoms with Crippen LogP contribution in [0.2, 0.25) is 0 Å². The summed E-state index contributed by atoms with van der Waals surface area (Å²) in [4.78, 5) is 49.4. The van der Waals surface area contributed by atoms with E-state index in [2.05, 4.69) is 57.8 Å². The number of primary amides is 2. The number of nitrogens with one attached hydrogen (secondary N) is 3. The number of alkyl halides is 6. The molecule has 0 aliphatic carbocycles. The molecule has 0 unspecified atom stereocenters. The van der Waals surface area contributed by atoms with Gasteiger partial charge in [-0.1, -0.05) is 24.3 Å². The summed E-state index contributed by atoms with van der Waals surface area (Å²) in [5.74, 6) is -0.0728. The molecule has 362 valence electrons. The number of aryl methyl sites for hydroxylation is 4. The van der Waals surface area contributed by atoms with Crippen LogP contribution in [-0.2, 0) is 38.0 Å². The van der Waals surface area contributed by atoms with Crippen molar-refractivity contribution in [3.8, 4) is 0 Å². The van der Waals surface area contributed by atoms with E-state index in [0.29, 0.717) is 34.6 Å². The molecular formula is C49H52F6N12O2. The SMILES string of the molecule is CN1CCC(c2ccc(Nc3ncc(C(F)(F)F)c(CCc4cc(C(N)=O)ccn4)n3)cc2)CC1.NC(=O)c1ccnc(CCc2nc(Nc3ccc(C4CCNCC4)cc3)ncc2C(F)(F)F)c1. The molecular weight excluding hydrogens is 903 g/mol. The lowest BCUT2D eigenvalue weighted by atomic mass is 9.89. The molecule has 6 heterocycles. The Bertz CT molecular complexity index is 2690. The lowest BCUT2D eigenvalue weighted by molar-refractivity contribution is -0.139. The second-order valence-corrected chi connectivity index (χ2v) is 17.0. The van der Waals surface area contributed by atoms with Gasteiger partial charge >= 0.3 is 12.4 Å². The maximum atomic E-state index is 13.6. The smallest absolute Gasteiger partial charge is 0.366 e. The van der Waals surface area contributed by atoms with Crippen LogP contribution < -0.4 is 27.4 Å².